The fraction of sp³-hybridized carbons (Fsp3) is 0.158. The number of hydrogen-bond donors (Lipinski definition) is 1. The van der Waals surface area contributed by atoms with Crippen LogP contribution in [-0.4, -0.2) is 27.9 Å². The highest BCUT2D eigenvalue weighted by atomic mass is 32.1. The number of amides is 1. The van der Waals surface area contributed by atoms with Crippen molar-refractivity contribution < 1.29 is 9.63 Å². The smallest absolute Gasteiger partial charge is 0.270 e. The molecule has 0 bridgehead atoms. The number of oxime groups is 1. The van der Waals surface area contributed by atoms with Gasteiger partial charge in [0.05, 0.1) is 5.71 Å². The lowest BCUT2D eigenvalue weighted by atomic mass is 10.1. The first-order valence-electron chi connectivity index (χ1n) is 8.23. The normalized spacial score (nSPS) is 16.0. The summed E-state index contributed by atoms with van der Waals surface area (Å²) in [5.41, 5.74) is 2.89. The van der Waals surface area contributed by atoms with Gasteiger partial charge in [-0.2, -0.15) is 0 Å². The lowest BCUT2D eigenvalue weighted by Crippen LogP contribution is -2.28. The molecule has 0 saturated carbocycles. The van der Waals surface area contributed by atoms with E-state index in [1.165, 1.54) is 11.3 Å². The Morgan fingerprint density at radius 2 is 1.81 bits per heavy atom. The Balaban J connectivity index is 1.35. The molecule has 1 N–H and O–H groups in total. The molecule has 6 nitrogen and oxygen atoms in total. The first-order valence-corrected chi connectivity index (χ1v) is 9.05. The summed E-state index contributed by atoms with van der Waals surface area (Å²) in [5, 5.41) is 16.3. The number of rotatable bonds is 5. The summed E-state index contributed by atoms with van der Waals surface area (Å²) < 4.78 is 0. The summed E-state index contributed by atoms with van der Waals surface area (Å²) in [6.45, 7) is 0. The van der Waals surface area contributed by atoms with Gasteiger partial charge >= 0.3 is 0 Å². The molecule has 0 aliphatic carbocycles. The summed E-state index contributed by atoms with van der Waals surface area (Å²) >= 11 is 1.36. The molecular weight excluding hydrogens is 348 g/mol. The third kappa shape index (κ3) is 3.78. The molecule has 3 aromatic rings. The third-order valence-electron chi connectivity index (χ3n) is 3.96. The van der Waals surface area contributed by atoms with Crippen LogP contribution in [0.15, 0.2) is 65.8 Å². The maximum atomic E-state index is 12.4. The molecule has 2 heterocycles. The number of anilines is 1. The van der Waals surface area contributed by atoms with Crippen LogP contribution in [0.1, 0.15) is 22.6 Å². The van der Waals surface area contributed by atoms with Gasteiger partial charge in [0.25, 0.3) is 5.91 Å². The summed E-state index contributed by atoms with van der Waals surface area (Å²) in [4.78, 5) is 17.7. The van der Waals surface area contributed by atoms with E-state index in [0.717, 1.165) is 21.8 Å². The van der Waals surface area contributed by atoms with Crippen LogP contribution in [0.5, 0.6) is 0 Å². The van der Waals surface area contributed by atoms with E-state index in [1.807, 2.05) is 60.7 Å². The highest BCUT2D eigenvalue weighted by Crippen LogP contribution is 2.21. The molecule has 0 saturated heterocycles. The summed E-state index contributed by atoms with van der Waals surface area (Å²) in [6.07, 6.45) is 0.479. The molecule has 1 aliphatic rings. The van der Waals surface area contributed by atoms with E-state index in [0.29, 0.717) is 18.0 Å². The van der Waals surface area contributed by atoms with Gasteiger partial charge in [0.2, 0.25) is 11.2 Å². The van der Waals surface area contributed by atoms with Crippen LogP contribution in [0.3, 0.4) is 0 Å². The second-order valence-corrected chi connectivity index (χ2v) is 6.92. The van der Waals surface area contributed by atoms with Crippen molar-refractivity contribution in [3.05, 3.63) is 76.8 Å². The van der Waals surface area contributed by atoms with Crippen LogP contribution in [-0.2, 0) is 16.1 Å². The quantitative estimate of drug-likeness (QED) is 0.754. The summed E-state index contributed by atoms with van der Waals surface area (Å²) in [6, 6.07) is 19.7. The minimum Gasteiger partial charge on any atom is -0.382 e. The van der Waals surface area contributed by atoms with Gasteiger partial charge in [0.15, 0.2) is 0 Å². The number of carbonyl (C=O) groups excluding carboxylic acids is 1. The zero-order chi connectivity index (χ0) is 17.8. The molecule has 4 rings (SSSR count). The molecule has 2 aromatic carbocycles. The van der Waals surface area contributed by atoms with Crippen LogP contribution < -0.4 is 5.32 Å². The Hall–Kier alpha value is -3.06. The lowest BCUT2D eigenvalue weighted by molar-refractivity contribution is -0.125. The Bertz CT molecular complexity index is 925. The predicted octanol–water partition coefficient (Wildman–Crippen LogP) is 3.26. The van der Waals surface area contributed by atoms with Crippen molar-refractivity contribution in [3.63, 3.8) is 0 Å². The Labute approximate surface area is 154 Å². The van der Waals surface area contributed by atoms with E-state index in [2.05, 4.69) is 20.7 Å². The molecule has 1 aromatic heterocycles. The molecule has 0 fully saturated rings. The molecule has 0 spiro atoms. The lowest BCUT2D eigenvalue weighted by Gasteiger charge is -2.06. The van der Waals surface area contributed by atoms with Crippen LogP contribution >= 0.6 is 11.3 Å². The van der Waals surface area contributed by atoms with Crippen LogP contribution in [0, 0.1) is 0 Å². The van der Waals surface area contributed by atoms with Crippen molar-refractivity contribution in [2.75, 3.05) is 5.32 Å². The Kier molecular flexibility index (Phi) is 4.70. The number of aromatic nitrogens is 2. The molecule has 1 atom stereocenters. The molecule has 1 aliphatic heterocycles. The van der Waals surface area contributed by atoms with E-state index >= 15 is 0 Å². The van der Waals surface area contributed by atoms with E-state index < -0.39 is 6.10 Å². The zero-order valence-electron chi connectivity index (χ0n) is 13.8. The molecule has 26 heavy (non-hydrogen) atoms. The Morgan fingerprint density at radius 1 is 1.08 bits per heavy atom. The van der Waals surface area contributed by atoms with Gasteiger partial charge < -0.3 is 4.84 Å². The number of nitrogens with zero attached hydrogens (tertiary/aromatic N) is 3. The number of benzene rings is 2. The van der Waals surface area contributed by atoms with Crippen LogP contribution in [0.2, 0.25) is 0 Å². The monoisotopic (exact) mass is 364 g/mol. The standard InChI is InChI=1S/C19H16N4O2S/c24-18(16-12-15(23-25-16)14-9-5-2-6-10-14)20-19-22-21-17(26-19)11-13-7-3-1-4-8-13/h1-10,16H,11-12H2,(H,20,22,24). The minimum atomic E-state index is -0.647. The first-order chi connectivity index (χ1) is 12.8. The van der Waals surface area contributed by atoms with E-state index in [4.69, 9.17) is 4.84 Å². The molecule has 1 amide bonds. The van der Waals surface area contributed by atoms with Gasteiger partial charge in [0.1, 0.15) is 5.01 Å². The number of nitrogens with one attached hydrogen (secondary N) is 1. The van der Waals surface area contributed by atoms with Gasteiger partial charge in [-0.1, -0.05) is 77.2 Å². The van der Waals surface area contributed by atoms with Crippen molar-refractivity contribution in [2.45, 2.75) is 18.9 Å². The van der Waals surface area contributed by atoms with E-state index in [-0.39, 0.29) is 5.91 Å². The van der Waals surface area contributed by atoms with Crippen molar-refractivity contribution in [3.8, 4) is 0 Å². The fourth-order valence-electron chi connectivity index (χ4n) is 2.65. The molecule has 0 radical (unpaired) electrons. The van der Waals surface area contributed by atoms with Crippen LogP contribution in [0.4, 0.5) is 5.13 Å². The highest BCUT2D eigenvalue weighted by molar-refractivity contribution is 7.15. The Morgan fingerprint density at radius 3 is 2.58 bits per heavy atom. The van der Waals surface area contributed by atoms with Crippen LogP contribution in [0.25, 0.3) is 0 Å². The average Bonchev–Trinajstić information content (AvgIpc) is 3.33. The summed E-state index contributed by atoms with van der Waals surface area (Å²) in [7, 11) is 0. The fourth-order valence-corrected chi connectivity index (χ4v) is 3.43. The third-order valence-corrected chi connectivity index (χ3v) is 4.80. The van der Waals surface area contributed by atoms with Gasteiger partial charge in [-0.15, -0.1) is 10.2 Å². The largest absolute Gasteiger partial charge is 0.382 e. The molecule has 1 unspecified atom stereocenters. The van der Waals surface area contributed by atoms with Gasteiger partial charge in [-0.25, -0.2) is 0 Å². The second-order valence-electron chi connectivity index (χ2n) is 5.85. The molecule has 130 valence electrons. The zero-order valence-corrected chi connectivity index (χ0v) is 14.6. The van der Waals surface area contributed by atoms with E-state index in [1.54, 1.807) is 0 Å². The van der Waals surface area contributed by atoms with Crippen molar-refractivity contribution in [1.82, 2.24) is 10.2 Å². The van der Waals surface area contributed by atoms with Gasteiger partial charge in [0, 0.05) is 12.8 Å². The predicted molar refractivity (Wildman–Crippen MR) is 100 cm³/mol. The number of hydrogen-bond acceptors (Lipinski definition) is 6. The van der Waals surface area contributed by atoms with Crippen molar-refractivity contribution in [1.29, 1.82) is 0 Å². The topological polar surface area (TPSA) is 76.5 Å². The first kappa shape index (κ1) is 16.4. The SMILES string of the molecule is O=C(Nc1nnc(Cc2ccccc2)s1)C1CC(c2ccccc2)=NO1. The summed E-state index contributed by atoms with van der Waals surface area (Å²) in [5.74, 6) is -0.262. The van der Waals surface area contributed by atoms with Crippen molar-refractivity contribution >= 4 is 28.1 Å². The van der Waals surface area contributed by atoms with Crippen molar-refractivity contribution in [2.24, 2.45) is 5.16 Å². The second kappa shape index (κ2) is 7.45. The maximum absolute atomic E-state index is 12.4. The van der Waals surface area contributed by atoms with Gasteiger partial charge in [-0.3, -0.25) is 10.1 Å². The van der Waals surface area contributed by atoms with Gasteiger partial charge in [-0.05, 0) is 11.1 Å². The maximum Gasteiger partial charge on any atom is 0.270 e. The number of carbonyl (C=O) groups is 1. The molecule has 7 heteroatoms. The highest BCUT2D eigenvalue weighted by Gasteiger charge is 2.29. The average molecular weight is 364 g/mol. The van der Waals surface area contributed by atoms with E-state index in [9.17, 15) is 4.79 Å². The minimum absolute atomic E-state index is 0.262. The molecular formula is C19H16N4O2S.